The van der Waals surface area contributed by atoms with Crippen LogP contribution in [0.3, 0.4) is 0 Å². The fourth-order valence-corrected chi connectivity index (χ4v) is 5.11. The van der Waals surface area contributed by atoms with E-state index in [-0.39, 0.29) is 5.69 Å². The maximum Gasteiger partial charge on any atom is 0.317 e. The predicted molar refractivity (Wildman–Crippen MR) is 131 cm³/mol. The summed E-state index contributed by atoms with van der Waals surface area (Å²) in [4.78, 5) is 19.3. The van der Waals surface area contributed by atoms with E-state index in [4.69, 9.17) is 29.6 Å². The van der Waals surface area contributed by atoms with Crippen molar-refractivity contribution in [3.8, 4) is 0 Å². The number of carbonyl (C=O) groups is 2. The molecular weight excluding hydrogens is 508 g/mol. The van der Waals surface area contributed by atoms with Gasteiger partial charge in [-0.1, -0.05) is 42.6 Å². The number of nitrogens with one attached hydrogen (secondary N) is 2. The van der Waals surface area contributed by atoms with Gasteiger partial charge in [0, 0.05) is 17.5 Å². The van der Waals surface area contributed by atoms with Crippen LogP contribution in [0, 0.1) is 11.6 Å². The average molecular weight is 526 g/mol. The van der Waals surface area contributed by atoms with E-state index >= 15 is 0 Å². The molecule has 0 fully saturated rings. The van der Waals surface area contributed by atoms with Gasteiger partial charge >= 0.3 is 6.03 Å². The number of carbonyl (C=O) groups excluding carboxylic acids is 2. The molecule has 12 heteroatoms. The Hall–Kier alpha value is -2.99. The van der Waals surface area contributed by atoms with Crippen molar-refractivity contribution < 1.29 is 27.7 Å². The van der Waals surface area contributed by atoms with E-state index in [9.17, 15) is 27.7 Å². The molecule has 5 N–H and O–H groups in total. The first-order valence-corrected chi connectivity index (χ1v) is 11.9. The monoisotopic (exact) mass is 525 g/mol. The third-order valence-electron chi connectivity index (χ3n) is 5.05. The largest absolute Gasteiger partial charge is 0.371 e. The molecule has 0 spiro atoms. The summed E-state index contributed by atoms with van der Waals surface area (Å²) in [6.45, 7) is 0. The minimum atomic E-state index is -2.22. The fourth-order valence-electron chi connectivity index (χ4n) is 3.34. The van der Waals surface area contributed by atoms with Gasteiger partial charge in [0.1, 0.15) is 22.2 Å². The number of nitrogens with two attached hydrogens (primary N) is 1. The van der Waals surface area contributed by atoms with Crippen LogP contribution in [0.1, 0.15) is 15.9 Å². The lowest BCUT2D eigenvalue weighted by molar-refractivity contribution is 0.101. The molecule has 0 aliphatic heterocycles. The number of aliphatic hydroxyl groups is 1. The number of hydrogen-bond donors (Lipinski definition) is 4. The first kappa shape index (κ1) is 25.6. The Morgan fingerprint density at radius 2 is 1.76 bits per heavy atom. The Balaban J connectivity index is 2.08. The molecule has 3 atom stereocenters. The molecule has 0 saturated carbocycles. The average Bonchev–Trinajstić information content (AvgIpc) is 2.75. The van der Waals surface area contributed by atoms with Gasteiger partial charge in [-0.2, -0.15) is 0 Å². The van der Waals surface area contributed by atoms with E-state index in [1.807, 2.05) is 0 Å². The molecule has 0 radical (unpaired) electrons. The summed E-state index contributed by atoms with van der Waals surface area (Å²) >= 11 is 11.8. The molecule has 3 amide bonds. The summed E-state index contributed by atoms with van der Waals surface area (Å²) in [5, 5.41) is 15.6. The lowest BCUT2D eigenvalue weighted by Crippen LogP contribution is -2.60. The van der Waals surface area contributed by atoms with Crippen LogP contribution >= 0.6 is 23.8 Å². The second-order valence-electron chi connectivity index (χ2n) is 7.21. The van der Waals surface area contributed by atoms with Crippen LogP contribution in [0.2, 0.25) is 0 Å². The summed E-state index contributed by atoms with van der Waals surface area (Å²) in [6.07, 6.45) is 4.99. The molecule has 2 aromatic carbocycles. The van der Waals surface area contributed by atoms with Crippen LogP contribution in [0.4, 0.5) is 19.3 Å². The van der Waals surface area contributed by atoms with Crippen LogP contribution in [0.5, 0.6) is 0 Å². The highest BCUT2D eigenvalue weighted by atomic mass is 35.5. The van der Waals surface area contributed by atoms with Crippen molar-refractivity contribution in [3.05, 3.63) is 83.5 Å². The SMILES string of the molecule is CS(=O)C1(O)C=CC(c2ccccc2NC(=O)c2c(F)cccc2F)=CC1(Cl)C(=S)NC(N)=O. The third kappa shape index (κ3) is 4.64. The summed E-state index contributed by atoms with van der Waals surface area (Å²) in [7, 11) is -1.98. The van der Waals surface area contributed by atoms with Gasteiger partial charge in [0.15, 0.2) is 9.81 Å². The van der Waals surface area contributed by atoms with Gasteiger partial charge in [-0.15, -0.1) is 11.6 Å². The first-order valence-electron chi connectivity index (χ1n) is 9.53. The van der Waals surface area contributed by atoms with Crippen molar-refractivity contribution in [1.29, 1.82) is 0 Å². The van der Waals surface area contributed by atoms with Crippen molar-refractivity contribution in [3.63, 3.8) is 0 Å². The van der Waals surface area contributed by atoms with Gasteiger partial charge in [-0.25, -0.2) is 13.6 Å². The van der Waals surface area contributed by atoms with Crippen molar-refractivity contribution in [2.24, 2.45) is 5.73 Å². The first-order chi connectivity index (χ1) is 15.9. The molecule has 1 aliphatic carbocycles. The van der Waals surface area contributed by atoms with E-state index in [2.05, 4.69) is 10.6 Å². The molecular formula is C22H18ClF2N3O4S2. The van der Waals surface area contributed by atoms with E-state index < -0.39 is 54.7 Å². The number of rotatable bonds is 5. The normalized spacial score (nSPS) is 22.4. The molecule has 1 aliphatic rings. The smallest absolute Gasteiger partial charge is 0.317 e. The Bertz CT molecular complexity index is 1270. The number of amides is 3. The summed E-state index contributed by atoms with van der Waals surface area (Å²) in [5.41, 5.74) is 5.15. The van der Waals surface area contributed by atoms with Crippen LogP contribution in [-0.4, -0.2) is 42.3 Å². The molecule has 0 aromatic heterocycles. The van der Waals surface area contributed by atoms with E-state index in [0.717, 1.165) is 24.3 Å². The fraction of sp³-hybridized carbons (Fsp3) is 0.136. The minimum absolute atomic E-state index is 0.155. The van der Waals surface area contributed by atoms with Gasteiger partial charge in [-0.05, 0) is 35.9 Å². The number of primary amides is 1. The Labute approximate surface area is 206 Å². The molecule has 3 unspecified atom stereocenters. The molecule has 0 heterocycles. The zero-order chi connectivity index (χ0) is 25.3. The molecule has 34 heavy (non-hydrogen) atoms. The number of urea groups is 1. The number of anilines is 1. The van der Waals surface area contributed by atoms with Gasteiger partial charge in [0.05, 0.1) is 10.8 Å². The van der Waals surface area contributed by atoms with Gasteiger partial charge in [0.25, 0.3) is 5.91 Å². The Morgan fingerprint density at radius 1 is 1.15 bits per heavy atom. The second-order valence-corrected chi connectivity index (χ2v) is 9.75. The molecule has 3 rings (SSSR count). The van der Waals surface area contributed by atoms with Crippen molar-refractivity contribution >= 4 is 62.8 Å². The van der Waals surface area contributed by atoms with Crippen LogP contribution < -0.4 is 16.4 Å². The number of benzene rings is 2. The molecule has 0 saturated heterocycles. The van der Waals surface area contributed by atoms with Gasteiger partial charge in [-0.3, -0.25) is 9.00 Å². The third-order valence-corrected chi connectivity index (χ3v) is 7.61. The maximum absolute atomic E-state index is 14.1. The van der Waals surface area contributed by atoms with Crippen LogP contribution in [0.15, 0.2) is 60.7 Å². The number of alkyl halides is 1. The van der Waals surface area contributed by atoms with E-state index in [1.54, 1.807) is 18.2 Å². The van der Waals surface area contributed by atoms with Crippen LogP contribution in [-0.2, 0) is 10.8 Å². The summed E-state index contributed by atoms with van der Waals surface area (Å²) in [6, 6.07) is 8.25. The number of halogens is 3. The highest BCUT2D eigenvalue weighted by molar-refractivity contribution is 7.86. The van der Waals surface area contributed by atoms with E-state index in [1.165, 1.54) is 24.5 Å². The number of allylic oxidation sites excluding steroid dienone is 2. The van der Waals surface area contributed by atoms with Crippen molar-refractivity contribution in [2.45, 2.75) is 9.81 Å². The second kappa shape index (κ2) is 9.71. The van der Waals surface area contributed by atoms with Gasteiger partial charge < -0.3 is 21.5 Å². The maximum atomic E-state index is 14.1. The van der Waals surface area contributed by atoms with Crippen molar-refractivity contribution in [2.75, 3.05) is 11.6 Å². The minimum Gasteiger partial charge on any atom is -0.371 e. The predicted octanol–water partition coefficient (Wildman–Crippen LogP) is 3.21. The number of hydrogen-bond acceptors (Lipinski definition) is 5. The molecule has 7 nitrogen and oxygen atoms in total. The van der Waals surface area contributed by atoms with Gasteiger partial charge in [0.2, 0.25) is 0 Å². The summed E-state index contributed by atoms with van der Waals surface area (Å²) in [5.74, 6) is -3.10. The topological polar surface area (TPSA) is 122 Å². The lowest BCUT2D eigenvalue weighted by Gasteiger charge is -2.40. The Morgan fingerprint density at radius 3 is 2.35 bits per heavy atom. The van der Waals surface area contributed by atoms with Crippen molar-refractivity contribution in [1.82, 2.24) is 5.32 Å². The molecule has 2 aromatic rings. The molecule has 0 bridgehead atoms. The van der Waals surface area contributed by atoms with Crippen LogP contribution in [0.25, 0.3) is 5.57 Å². The van der Waals surface area contributed by atoms with E-state index in [0.29, 0.717) is 11.1 Å². The standard InChI is InChI=1S/C22H18ClF2N3O4S2/c1-34(32)22(31)10-9-12(11-21(22,23)19(33)28-20(26)30)13-5-2-3-8-16(13)27-18(29)17-14(24)6-4-7-15(17)25/h2-11,31H,1H3,(H,27,29)(H3,26,28,30,33). The number of para-hydroxylation sites is 1. The Kier molecular flexibility index (Phi) is 7.32. The zero-order valence-corrected chi connectivity index (χ0v) is 19.9. The quantitative estimate of drug-likeness (QED) is 0.353. The summed E-state index contributed by atoms with van der Waals surface area (Å²) < 4.78 is 40.5. The molecule has 178 valence electrons. The highest BCUT2D eigenvalue weighted by Gasteiger charge is 2.54. The number of thiocarbonyl (C=S) groups is 1. The highest BCUT2D eigenvalue weighted by Crippen LogP contribution is 2.43. The lowest BCUT2D eigenvalue weighted by atomic mass is 9.88. The zero-order valence-electron chi connectivity index (χ0n) is 17.5.